The smallest absolute Gasteiger partial charge is 0.251 e. The third kappa shape index (κ3) is 5.36. The van der Waals surface area contributed by atoms with Crippen LogP contribution in [0.25, 0.3) is 11.3 Å². The normalized spacial score (nSPS) is 10.7. The van der Waals surface area contributed by atoms with Gasteiger partial charge in [0, 0.05) is 29.4 Å². The van der Waals surface area contributed by atoms with Crippen LogP contribution in [0.3, 0.4) is 0 Å². The number of hydrogen-bond acceptors (Lipinski definition) is 4. The Labute approximate surface area is 164 Å². The van der Waals surface area contributed by atoms with Crippen molar-refractivity contribution in [1.82, 2.24) is 15.3 Å². The van der Waals surface area contributed by atoms with Crippen LogP contribution >= 0.6 is 0 Å². The number of carbonyl (C=O) groups is 1. The minimum absolute atomic E-state index is 0.104. The second-order valence-electron chi connectivity index (χ2n) is 6.94. The number of carbonyl (C=O) groups excluding carboxylic acids is 1. The van der Waals surface area contributed by atoms with E-state index in [4.69, 9.17) is 0 Å². The summed E-state index contributed by atoms with van der Waals surface area (Å²) in [5, 5.41) is 6.10. The van der Waals surface area contributed by atoms with Crippen LogP contribution in [-0.4, -0.2) is 22.4 Å². The number of hydrogen-bond donors (Lipinski definition) is 2. The number of nitrogens with one attached hydrogen (secondary N) is 2. The van der Waals surface area contributed by atoms with Gasteiger partial charge in [-0.2, -0.15) is 0 Å². The third-order valence-electron chi connectivity index (χ3n) is 4.19. The molecule has 0 fully saturated rings. The van der Waals surface area contributed by atoms with E-state index < -0.39 is 0 Å². The number of rotatable bonds is 7. The number of nitrogens with zero attached hydrogens (tertiary/aromatic N) is 2. The highest BCUT2D eigenvalue weighted by Crippen LogP contribution is 2.22. The molecule has 0 saturated carbocycles. The van der Waals surface area contributed by atoms with E-state index in [0.29, 0.717) is 35.1 Å². The Balaban J connectivity index is 1.72. The van der Waals surface area contributed by atoms with Crippen molar-refractivity contribution in [3.05, 3.63) is 72.3 Å². The number of amides is 1. The monoisotopic (exact) mass is 378 g/mol. The second-order valence-corrected chi connectivity index (χ2v) is 6.94. The van der Waals surface area contributed by atoms with Crippen LogP contribution in [0, 0.1) is 11.7 Å². The molecule has 3 rings (SSSR count). The van der Waals surface area contributed by atoms with Gasteiger partial charge in [-0.25, -0.2) is 14.4 Å². The topological polar surface area (TPSA) is 66.9 Å². The molecule has 0 radical (unpaired) electrons. The maximum Gasteiger partial charge on any atom is 0.251 e. The second kappa shape index (κ2) is 9.08. The Kier molecular flexibility index (Phi) is 6.32. The lowest BCUT2D eigenvalue weighted by molar-refractivity contribution is 0.0952. The molecule has 28 heavy (non-hydrogen) atoms. The molecular formula is C22H23FN4O. The summed E-state index contributed by atoms with van der Waals surface area (Å²) in [6.07, 6.45) is 2.36. The molecule has 2 aromatic carbocycles. The molecular weight excluding hydrogens is 355 g/mol. The highest BCUT2D eigenvalue weighted by Gasteiger charge is 2.08. The number of benzene rings is 2. The zero-order valence-electron chi connectivity index (χ0n) is 15.9. The van der Waals surface area contributed by atoms with Crippen molar-refractivity contribution in [1.29, 1.82) is 0 Å². The summed E-state index contributed by atoms with van der Waals surface area (Å²) in [6.45, 7) is 4.89. The average molecular weight is 378 g/mol. The number of anilines is 2. The van der Waals surface area contributed by atoms with Crippen molar-refractivity contribution in [2.75, 3.05) is 11.9 Å². The summed E-state index contributed by atoms with van der Waals surface area (Å²) in [6, 6.07) is 15.2. The largest absolute Gasteiger partial charge is 0.352 e. The average Bonchev–Trinajstić information content (AvgIpc) is 2.68. The lowest BCUT2D eigenvalue weighted by Crippen LogP contribution is -2.25. The molecule has 0 saturated heterocycles. The van der Waals surface area contributed by atoms with E-state index in [-0.39, 0.29) is 11.7 Å². The van der Waals surface area contributed by atoms with E-state index in [0.717, 1.165) is 12.1 Å². The van der Waals surface area contributed by atoms with Crippen LogP contribution in [-0.2, 0) is 0 Å². The molecule has 0 aliphatic rings. The maximum absolute atomic E-state index is 13.5. The van der Waals surface area contributed by atoms with Crippen molar-refractivity contribution in [2.45, 2.75) is 20.3 Å². The third-order valence-corrected chi connectivity index (χ3v) is 4.19. The Morgan fingerprint density at radius 3 is 2.68 bits per heavy atom. The Morgan fingerprint density at radius 2 is 1.89 bits per heavy atom. The fourth-order valence-corrected chi connectivity index (χ4v) is 2.69. The van der Waals surface area contributed by atoms with E-state index in [1.807, 2.05) is 12.1 Å². The molecule has 1 heterocycles. The van der Waals surface area contributed by atoms with Gasteiger partial charge in [0.2, 0.25) is 0 Å². The fourth-order valence-electron chi connectivity index (χ4n) is 2.69. The molecule has 0 aliphatic heterocycles. The van der Waals surface area contributed by atoms with Gasteiger partial charge < -0.3 is 10.6 Å². The molecule has 1 amide bonds. The lowest BCUT2D eigenvalue weighted by Gasteiger charge is -2.10. The maximum atomic E-state index is 13.5. The van der Waals surface area contributed by atoms with E-state index in [1.165, 1.54) is 18.5 Å². The molecule has 0 aliphatic carbocycles. The van der Waals surface area contributed by atoms with Gasteiger partial charge in [-0.3, -0.25) is 4.79 Å². The molecule has 144 valence electrons. The summed E-state index contributed by atoms with van der Waals surface area (Å²) < 4.78 is 13.5. The molecule has 6 heteroatoms. The van der Waals surface area contributed by atoms with Crippen molar-refractivity contribution in [3.63, 3.8) is 0 Å². The SMILES string of the molecule is CC(C)CCNC(=O)c1cccc(Nc2cc(-c3cccc(F)c3)ncn2)c1. The first kappa shape index (κ1) is 19.5. The van der Waals surface area contributed by atoms with Gasteiger partial charge in [0.15, 0.2) is 0 Å². The van der Waals surface area contributed by atoms with Gasteiger partial charge in [0.1, 0.15) is 18.0 Å². The van der Waals surface area contributed by atoms with Crippen LogP contribution in [0.15, 0.2) is 60.9 Å². The predicted octanol–water partition coefficient (Wildman–Crippen LogP) is 4.80. The van der Waals surface area contributed by atoms with Crippen LogP contribution in [0.5, 0.6) is 0 Å². The summed E-state index contributed by atoms with van der Waals surface area (Å²) in [7, 11) is 0. The molecule has 0 bridgehead atoms. The molecule has 0 unspecified atom stereocenters. The van der Waals surface area contributed by atoms with Crippen molar-refractivity contribution in [3.8, 4) is 11.3 Å². The van der Waals surface area contributed by atoms with Gasteiger partial charge >= 0.3 is 0 Å². The lowest BCUT2D eigenvalue weighted by atomic mass is 10.1. The van der Waals surface area contributed by atoms with Gasteiger partial charge in [0.25, 0.3) is 5.91 Å². The van der Waals surface area contributed by atoms with Crippen LogP contribution in [0.4, 0.5) is 15.9 Å². The van der Waals surface area contributed by atoms with Crippen LogP contribution in [0.1, 0.15) is 30.6 Å². The molecule has 3 aromatic rings. The van der Waals surface area contributed by atoms with E-state index in [9.17, 15) is 9.18 Å². The van der Waals surface area contributed by atoms with Crippen LogP contribution in [0.2, 0.25) is 0 Å². The summed E-state index contributed by atoms with van der Waals surface area (Å²) in [4.78, 5) is 20.7. The first-order valence-electron chi connectivity index (χ1n) is 9.24. The summed E-state index contributed by atoms with van der Waals surface area (Å²) >= 11 is 0. The first-order chi connectivity index (χ1) is 13.5. The van der Waals surface area contributed by atoms with E-state index >= 15 is 0 Å². The Morgan fingerprint density at radius 1 is 1.07 bits per heavy atom. The zero-order valence-corrected chi connectivity index (χ0v) is 15.9. The van der Waals surface area contributed by atoms with Crippen LogP contribution < -0.4 is 10.6 Å². The van der Waals surface area contributed by atoms with Gasteiger partial charge in [0.05, 0.1) is 5.69 Å². The quantitative estimate of drug-likeness (QED) is 0.620. The Hall–Kier alpha value is -3.28. The summed E-state index contributed by atoms with van der Waals surface area (Å²) in [5.74, 6) is 0.680. The standard InChI is InChI=1S/C22H23FN4O/c1-15(2)9-10-24-22(28)17-6-4-8-19(12-17)27-21-13-20(25-14-26-21)16-5-3-7-18(23)11-16/h3-8,11-15H,9-10H2,1-2H3,(H,24,28)(H,25,26,27). The molecule has 0 atom stereocenters. The number of halogens is 1. The molecule has 1 aromatic heterocycles. The van der Waals surface area contributed by atoms with Crippen molar-refractivity contribution >= 4 is 17.4 Å². The number of aromatic nitrogens is 2. The highest BCUT2D eigenvalue weighted by molar-refractivity contribution is 5.95. The van der Waals surface area contributed by atoms with E-state index in [2.05, 4.69) is 34.4 Å². The van der Waals surface area contributed by atoms with Gasteiger partial charge in [-0.05, 0) is 42.7 Å². The van der Waals surface area contributed by atoms with Crippen molar-refractivity contribution in [2.24, 2.45) is 5.92 Å². The first-order valence-corrected chi connectivity index (χ1v) is 9.24. The minimum Gasteiger partial charge on any atom is -0.352 e. The molecule has 2 N–H and O–H groups in total. The highest BCUT2D eigenvalue weighted by atomic mass is 19.1. The minimum atomic E-state index is -0.318. The van der Waals surface area contributed by atoms with Gasteiger partial charge in [-0.15, -0.1) is 0 Å². The molecule has 5 nitrogen and oxygen atoms in total. The summed E-state index contributed by atoms with van der Waals surface area (Å²) in [5.41, 5.74) is 2.59. The van der Waals surface area contributed by atoms with Gasteiger partial charge in [-0.1, -0.05) is 32.0 Å². The zero-order chi connectivity index (χ0) is 19.9. The van der Waals surface area contributed by atoms with E-state index in [1.54, 1.807) is 30.3 Å². The molecule has 0 spiro atoms. The predicted molar refractivity (Wildman–Crippen MR) is 109 cm³/mol. The van der Waals surface area contributed by atoms with Crippen molar-refractivity contribution < 1.29 is 9.18 Å². The Bertz CT molecular complexity index is 959. The fraction of sp³-hybridized carbons (Fsp3) is 0.227.